The first-order chi connectivity index (χ1) is 14.3. The number of halogens is 1. The number of allylic oxidation sites excluding steroid dienone is 1. The van der Waals surface area contributed by atoms with Crippen molar-refractivity contribution in [3.63, 3.8) is 0 Å². The van der Waals surface area contributed by atoms with Gasteiger partial charge >= 0.3 is 0 Å². The average molecular weight is 403 g/mol. The summed E-state index contributed by atoms with van der Waals surface area (Å²) in [6, 6.07) is 11.5. The SMILES string of the molecule is C=C(C)c1cn(C)c2cc(C)c(C(=C)N3CCC(Cc4ccc(F)cc4)CC3)cc12. The second-order valence-electron chi connectivity index (χ2n) is 8.83. The van der Waals surface area contributed by atoms with E-state index in [0.717, 1.165) is 43.6 Å². The number of piperidine rings is 1. The number of likely N-dealkylation sites (tertiary alicyclic amines) is 1. The summed E-state index contributed by atoms with van der Waals surface area (Å²) < 4.78 is 15.3. The molecule has 1 aliphatic heterocycles. The minimum absolute atomic E-state index is 0.162. The molecule has 0 amide bonds. The smallest absolute Gasteiger partial charge is 0.123 e. The Balaban J connectivity index is 1.49. The molecule has 2 nitrogen and oxygen atoms in total. The van der Waals surface area contributed by atoms with Crippen LogP contribution in [0.1, 0.15) is 42.0 Å². The second kappa shape index (κ2) is 8.14. The zero-order valence-electron chi connectivity index (χ0n) is 18.3. The Labute approximate surface area is 179 Å². The van der Waals surface area contributed by atoms with Crippen LogP contribution in [0.5, 0.6) is 0 Å². The van der Waals surface area contributed by atoms with Gasteiger partial charge in [0.1, 0.15) is 5.82 Å². The number of aromatic nitrogens is 1. The highest BCUT2D eigenvalue weighted by atomic mass is 19.1. The lowest BCUT2D eigenvalue weighted by molar-refractivity contribution is 0.254. The fraction of sp³-hybridized carbons (Fsp3) is 0.333. The molecule has 4 rings (SSSR count). The van der Waals surface area contributed by atoms with Gasteiger partial charge in [0.05, 0.1) is 0 Å². The molecule has 1 fully saturated rings. The second-order valence-corrected chi connectivity index (χ2v) is 8.83. The topological polar surface area (TPSA) is 8.17 Å². The number of fused-ring (bicyclic) bond motifs is 1. The van der Waals surface area contributed by atoms with Gasteiger partial charge in [-0.15, -0.1) is 0 Å². The number of rotatable bonds is 5. The Morgan fingerprint density at radius 3 is 2.37 bits per heavy atom. The Kier molecular flexibility index (Phi) is 5.55. The standard InChI is InChI=1S/C27H31FN2/c1-18(2)26-17-29(5)27-14-19(3)24(16-25(26)27)20(4)30-12-10-22(11-13-30)15-21-6-8-23(28)9-7-21/h6-9,14,16-17,22H,1,4,10-13,15H2,2-3,5H3. The first-order valence-electron chi connectivity index (χ1n) is 10.8. The third kappa shape index (κ3) is 3.94. The zero-order chi connectivity index (χ0) is 21.4. The highest BCUT2D eigenvalue weighted by Gasteiger charge is 2.22. The van der Waals surface area contributed by atoms with Crippen LogP contribution in [0.4, 0.5) is 4.39 Å². The molecule has 2 heterocycles. The van der Waals surface area contributed by atoms with E-state index in [1.165, 1.54) is 33.2 Å². The van der Waals surface area contributed by atoms with Crippen molar-refractivity contribution in [1.82, 2.24) is 9.47 Å². The molecule has 1 saturated heterocycles. The van der Waals surface area contributed by atoms with Crippen molar-refractivity contribution in [2.75, 3.05) is 13.1 Å². The lowest BCUT2D eigenvalue weighted by atomic mass is 9.89. The van der Waals surface area contributed by atoms with E-state index in [1.54, 1.807) is 12.1 Å². The van der Waals surface area contributed by atoms with Crippen molar-refractivity contribution in [3.05, 3.63) is 83.8 Å². The third-order valence-electron chi connectivity index (χ3n) is 6.54. The minimum Gasteiger partial charge on any atom is -0.372 e. The van der Waals surface area contributed by atoms with Gasteiger partial charge in [0, 0.05) is 54.1 Å². The quantitative estimate of drug-likeness (QED) is 0.468. The summed E-state index contributed by atoms with van der Waals surface area (Å²) in [7, 11) is 2.09. The van der Waals surface area contributed by atoms with Gasteiger partial charge in [0.15, 0.2) is 0 Å². The number of benzene rings is 2. The van der Waals surface area contributed by atoms with Gasteiger partial charge in [0.2, 0.25) is 0 Å². The molecular formula is C27H31FN2. The lowest BCUT2D eigenvalue weighted by Gasteiger charge is -2.35. The van der Waals surface area contributed by atoms with E-state index >= 15 is 0 Å². The molecule has 2 aromatic carbocycles. The third-order valence-corrected chi connectivity index (χ3v) is 6.54. The Morgan fingerprint density at radius 2 is 1.73 bits per heavy atom. The largest absolute Gasteiger partial charge is 0.372 e. The van der Waals surface area contributed by atoms with Gasteiger partial charge < -0.3 is 9.47 Å². The zero-order valence-corrected chi connectivity index (χ0v) is 18.3. The summed E-state index contributed by atoms with van der Waals surface area (Å²) in [4.78, 5) is 2.43. The van der Waals surface area contributed by atoms with E-state index in [9.17, 15) is 4.39 Å². The van der Waals surface area contributed by atoms with Crippen molar-refractivity contribution in [1.29, 1.82) is 0 Å². The van der Waals surface area contributed by atoms with Crippen LogP contribution in [0.3, 0.4) is 0 Å². The van der Waals surface area contributed by atoms with Gasteiger partial charge in [-0.1, -0.05) is 25.3 Å². The fourth-order valence-electron chi connectivity index (χ4n) is 4.72. The molecule has 3 aromatic rings. The van der Waals surface area contributed by atoms with Gasteiger partial charge in [-0.05, 0) is 80.0 Å². The molecule has 0 atom stereocenters. The molecule has 3 heteroatoms. The summed E-state index contributed by atoms with van der Waals surface area (Å²) in [6.07, 6.45) is 5.47. The van der Waals surface area contributed by atoms with Crippen LogP contribution in [0.2, 0.25) is 0 Å². The van der Waals surface area contributed by atoms with Crippen LogP contribution in [-0.2, 0) is 13.5 Å². The molecule has 156 valence electrons. The minimum atomic E-state index is -0.162. The Hall–Kier alpha value is -2.81. The maximum atomic E-state index is 13.1. The number of aryl methyl sites for hydroxylation is 2. The summed E-state index contributed by atoms with van der Waals surface area (Å²) in [6.45, 7) is 14.9. The van der Waals surface area contributed by atoms with Crippen LogP contribution in [0, 0.1) is 18.7 Å². The van der Waals surface area contributed by atoms with Gasteiger partial charge in [-0.2, -0.15) is 0 Å². The molecule has 0 radical (unpaired) electrons. The molecule has 0 unspecified atom stereocenters. The normalized spacial score (nSPS) is 15.0. The van der Waals surface area contributed by atoms with Gasteiger partial charge in [-0.25, -0.2) is 4.39 Å². The lowest BCUT2D eigenvalue weighted by Crippen LogP contribution is -2.33. The molecule has 30 heavy (non-hydrogen) atoms. The summed E-state index contributed by atoms with van der Waals surface area (Å²) in [5.41, 5.74) is 8.36. The van der Waals surface area contributed by atoms with Crippen molar-refractivity contribution >= 4 is 22.2 Å². The number of nitrogens with zero attached hydrogens (tertiary/aromatic N) is 2. The fourth-order valence-corrected chi connectivity index (χ4v) is 4.72. The first-order valence-corrected chi connectivity index (χ1v) is 10.8. The summed E-state index contributed by atoms with van der Waals surface area (Å²) >= 11 is 0. The summed E-state index contributed by atoms with van der Waals surface area (Å²) in [5.74, 6) is 0.484. The van der Waals surface area contributed by atoms with Crippen molar-refractivity contribution in [2.45, 2.75) is 33.1 Å². The molecular weight excluding hydrogens is 371 g/mol. The van der Waals surface area contributed by atoms with Crippen LogP contribution in [0.25, 0.3) is 22.2 Å². The summed E-state index contributed by atoms with van der Waals surface area (Å²) in [5, 5.41) is 1.25. The Morgan fingerprint density at radius 1 is 1.07 bits per heavy atom. The maximum Gasteiger partial charge on any atom is 0.123 e. The van der Waals surface area contributed by atoms with Gasteiger partial charge in [-0.3, -0.25) is 0 Å². The molecule has 0 spiro atoms. The number of hydrogen-bond acceptors (Lipinski definition) is 1. The highest BCUT2D eigenvalue weighted by Crippen LogP contribution is 2.33. The van der Waals surface area contributed by atoms with E-state index in [-0.39, 0.29) is 5.82 Å². The molecule has 1 aromatic heterocycles. The van der Waals surface area contributed by atoms with E-state index in [0.29, 0.717) is 5.92 Å². The molecule has 0 aliphatic carbocycles. The van der Waals surface area contributed by atoms with E-state index in [1.807, 2.05) is 12.1 Å². The van der Waals surface area contributed by atoms with Crippen molar-refractivity contribution in [3.8, 4) is 0 Å². The molecule has 1 aliphatic rings. The average Bonchev–Trinajstić information content (AvgIpc) is 3.05. The molecule has 0 bridgehead atoms. The van der Waals surface area contributed by atoms with Crippen molar-refractivity contribution in [2.24, 2.45) is 13.0 Å². The monoisotopic (exact) mass is 402 g/mol. The molecule has 0 saturated carbocycles. The first kappa shape index (κ1) is 20.5. The predicted octanol–water partition coefficient (Wildman–Crippen LogP) is 6.58. The van der Waals surface area contributed by atoms with Crippen molar-refractivity contribution < 1.29 is 4.39 Å². The van der Waals surface area contributed by atoms with Crippen LogP contribution in [-0.4, -0.2) is 22.6 Å². The van der Waals surface area contributed by atoms with E-state index < -0.39 is 0 Å². The number of hydrogen-bond donors (Lipinski definition) is 0. The van der Waals surface area contributed by atoms with Crippen LogP contribution >= 0.6 is 0 Å². The van der Waals surface area contributed by atoms with E-state index in [4.69, 9.17) is 0 Å². The maximum absolute atomic E-state index is 13.1. The van der Waals surface area contributed by atoms with Crippen LogP contribution < -0.4 is 0 Å². The van der Waals surface area contributed by atoms with E-state index in [2.05, 4.69) is 61.8 Å². The molecule has 0 N–H and O–H groups in total. The Bertz CT molecular complexity index is 1100. The predicted molar refractivity (Wildman–Crippen MR) is 126 cm³/mol. The van der Waals surface area contributed by atoms with Crippen LogP contribution in [0.15, 0.2) is 55.8 Å². The highest BCUT2D eigenvalue weighted by molar-refractivity contribution is 5.95. The van der Waals surface area contributed by atoms with Gasteiger partial charge in [0.25, 0.3) is 0 Å².